The van der Waals surface area contributed by atoms with Crippen LogP contribution in [-0.2, 0) is 0 Å². The van der Waals surface area contributed by atoms with Crippen LogP contribution in [0, 0.1) is 6.92 Å². The molecule has 1 atom stereocenters. The summed E-state index contributed by atoms with van der Waals surface area (Å²) in [6, 6.07) is 6.73. The molecular formula is C11H19AsClN. The molecule has 3 heteroatoms. The number of rotatable bonds is 3. The molecule has 0 aliphatic carbocycles. The maximum absolute atomic E-state index is 2.37. The number of hydrogen-bond acceptors (Lipinski definition) is 1. The second-order valence-corrected chi connectivity index (χ2v) is 4.52. The Bertz CT molecular complexity index is 285. The molecule has 0 radical (unpaired) electrons. The van der Waals surface area contributed by atoms with Crippen molar-refractivity contribution in [3.05, 3.63) is 23.8 Å². The second-order valence-electron chi connectivity index (χ2n) is 3.21. The maximum Gasteiger partial charge on any atom is -0.147 e. The van der Waals surface area contributed by atoms with E-state index in [1.807, 2.05) is 0 Å². The van der Waals surface area contributed by atoms with E-state index in [0.29, 0.717) is 0 Å². The zero-order valence-corrected chi connectivity index (χ0v) is 12.3. The van der Waals surface area contributed by atoms with Crippen molar-refractivity contribution in [3.8, 4) is 0 Å². The van der Waals surface area contributed by atoms with Crippen LogP contribution in [0.25, 0.3) is 0 Å². The molecule has 1 aromatic rings. The summed E-state index contributed by atoms with van der Waals surface area (Å²) in [5.74, 6) is 0. The monoisotopic (exact) mass is 275 g/mol. The van der Waals surface area contributed by atoms with E-state index >= 15 is 0 Å². The van der Waals surface area contributed by atoms with E-state index in [2.05, 4.69) is 43.9 Å². The van der Waals surface area contributed by atoms with Crippen LogP contribution in [0.1, 0.15) is 19.4 Å². The summed E-state index contributed by atoms with van der Waals surface area (Å²) in [7, 11) is 0. The van der Waals surface area contributed by atoms with Gasteiger partial charge in [0, 0.05) is 0 Å². The summed E-state index contributed by atoms with van der Waals surface area (Å²) in [4.78, 5) is 2.37. The van der Waals surface area contributed by atoms with Crippen LogP contribution in [0.4, 0.5) is 5.69 Å². The third-order valence-corrected chi connectivity index (χ3v) is 3.74. The van der Waals surface area contributed by atoms with Gasteiger partial charge in [-0.2, -0.15) is 0 Å². The van der Waals surface area contributed by atoms with Crippen LogP contribution >= 0.6 is 12.4 Å². The Morgan fingerprint density at radius 3 is 2.21 bits per heavy atom. The number of halogens is 1. The zero-order chi connectivity index (χ0) is 9.84. The maximum atomic E-state index is 2.37. The fourth-order valence-electron chi connectivity index (χ4n) is 1.45. The zero-order valence-electron chi connectivity index (χ0n) is 9.08. The number of nitrogens with zero attached hydrogens (tertiary/aromatic N) is 1. The predicted octanol–water partition coefficient (Wildman–Crippen LogP) is 1.52. The molecule has 1 nitrogen and oxygen atoms in total. The molecule has 0 aromatic heterocycles. The third-order valence-electron chi connectivity index (χ3n) is 2.38. The van der Waals surface area contributed by atoms with Crippen molar-refractivity contribution in [3.63, 3.8) is 0 Å². The van der Waals surface area contributed by atoms with Gasteiger partial charge in [0.25, 0.3) is 0 Å². The summed E-state index contributed by atoms with van der Waals surface area (Å²) in [5, 5.41) is 0. The SMILES string of the molecule is CCN(CC)c1ccc([AsH2])c(C)c1.Cl. The van der Waals surface area contributed by atoms with E-state index in [0.717, 1.165) is 13.1 Å². The van der Waals surface area contributed by atoms with Crippen molar-refractivity contribution in [2.75, 3.05) is 18.0 Å². The summed E-state index contributed by atoms with van der Waals surface area (Å²) in [6.45, 7) is 8.75. The molecule has 0 spiro atoms. The molecule has 1 aromatic carbocycles. The normalized spacial score (nSPS) is 9.43. The smallest absolute Gasteiger partial charge is 0.147 e. The van der Waals surface area contributed by atoms with Crippen molar-refractivity contribution in [2.24, 2.45) is 0 Å². The molecule has 0 heterocycles. The fourth-order valence-corrected chi connectivity index (χ4v) is 1.82. The third kappa shape index (κ3) is 3.22. The van der Waals surface area contributed by atoms with Gasteiger partial charge >= 0.3 is 89.4 Å². The van der Waals surface area contributed by atoms with Crippen molar-refractivity contribution >= 4 is 39.3 Å². The summed E-state index contributed by atoms with van der Waals surface area (Å²) >= 11 is 1.70. The van der Waals surface area contributed by atoms with Crippen LogP contribution in [0.15, 0.2) is 18.2 Å². The molecule has 0 aliphatic heterocycles. The van der Waals surface area contributed by atoms with Crippen LogP contribution in [0.5, 0.6) is 0 Å². The molecule has 0 bridgehead atoms. The Hall–Kier alpha value is -0.132. The molecule has 0 fully saturated rings. The molecule has 0 saturated carbocycles. The number of aryl methyl sites for hydroxylation is 1. The minimum Gasteiger partial charge on any atom is -0.147 e. The summed E-state index contributed by atoms with van der Waals surface area (Å²) in [5.41, 5.74) is 2.76. The van der Waals surface area contributed by atoms with Gasteiger partial charge in [0.05, 0.1) is 0 Å². The Kier molecular flexibility index (Phi) is 6.31. The van der Waals surface area contributed by atoms with Gasteiger partial charge < -0.3 is 0 Å². The van der Waals surface area contributed by atoms with E-state index in [1.54, 1.807) is 16.9 Å². The Labute approximate surface area is 102 Å². The first-order valence-corrected chi connectivity index (χ1v) is 6.01. The molecule has 0 aliphatic rings. The Balaban J connectivity index is 0.00000169. The topological polar surface area (TPSA) is 3.24 Å². The number of benzene rings is 1. The Morgan fingerprint density at radius 1 is 1.21 bits per heavy atom. The standard InChI is InChI=1S/C11H18AsN.ClH/c1-4-13(5-2)10-6-7-11(12)9(3)8-10;/h6-8H,4-5,12H2,1-3H3;1H. The van der Waals surface area contributed by atoms with Gasteiger partial charge in [-0.3, -0.25) is 0 Å². The average Bonchev–Trinajstić information content (AvgIpc) is 2.13. The van der Waals surface area contributed by atoms with Crippen LogP contribution in [0.2, 0.25) is 0 Å². The van der Waals surface area contributed by atoms with E-state index < -0.39 is 0 Å². The molecular weight excluding hydrogens is 257 g/mol. The van der Waals surface area contributed by atoms with E-state index in [-0.39, 0.29) is 12.4 Å². The van der Waals surface area contributed by atoms with Crippen molar-refractivity contribution in [1.82, 2.24) is 0 Å². The van der Waals surface area contributed by atoms with E-state index in [1.165, 1.54) is 15.6 Å². The molecule has 14 heavy (non-hydrogen) atoms. The van der Waals surface area contributed by atoms with E-state index in [9.17, 15) is 0 Å². The first kappa shape index (κ1) is 13.9. The van der Waals surface area contributed by atoms with Gasteiger partial charge in [-0.1, -0.05) is 0 Å². The predicted molar refractivity (Wildman–Crippen MR) is 70.2 cm³/mol. The molecule has 1 rings (SSSR count). The number of anilines is 1. The van der Waals surface area contributed by atoms with Gasteiger partial charge in [-0.25, -0.2) is 0 Å². The fraction of sp³-hybridized carbons (Fsp3) is 0.455. The van der Waals surface area contributed by atoms with Gasteiger partial charge in [-0.05, 0) is 0 Å². The molecule has 0 saturated heterocycles. The van der Waals surface area contributed by atoms with Gasteiger partial charge in [0.15, 0.2) is 0 Å². The Morgan fingerprint density at radius 2 is 1.79 bits per heavy atom. The van der Waals surface area contributed by atoms with Crippen molar-refractivity contribution < 1.29 is 0 Å². The first-order valence-electron chi connectivity index (χ1n) is 4.80. The van der Waals surface area contributed by atoms with Crippen molar-refractivity contribution in [2.45, 2.75) is 20.8 Å². The molecule has 1 unspecified atom stereocenters. The van der Waals surface area contributed by atoms with Gasteiger partial charge in [0.1, 0.15) is 0 Å². The summed E-state index contributed by atoms with van der Waals surface area (Å²) < 4.78 is 1.43. The number of hydrogen-bond donors (Lipinski definition) is 0. The van der Waals surface area contributed by atoms with Crippen LogP contribution in [0.3, 0.4) is 0 Å². The largest absolute Gasteiger partial charge is 0.147 e. The van der Waals surface area contributed by atoms with Crippen molar-refractivity contribution in [1.29, 1.82) is 0 Å². The quantitative estimate of drug-likeness (QED) is 0.756. The van der Waals surface area contributed by atoms with Crippen LogP contribution < -0.4 is 9.25 Å². The molecule has 80 valence electrons. The minimum absolute atomic E-state index is 0. The molecule has 0 amide bonds. The summed E-state index contributed by atoms with van der Waals surface area (Å²) in [6.07, 6.45) is 0. The van der Waals surface area contributed by atoms with Gasteiger partial charge in [0.2, 0.25) is 0 Å². The second kappa shape index (κ2) is 6.37. The molecule has 0 N–H and O–H groups in total. The first-order chi connectivity index (χ1) is 6.19. The average molecular weight is 276 g/mol. The van der Waals surface area contributed by atoms with E-state index in [4.69, 9.17) is 0 Å². The minimum atomic E-state index is 0. The van der Waals surface area contributed by atoms with Crippen LogP contribution in [-0.4, -0.2) is 29.9 Å². The van der Waals surface area contributed by atoms with Gasteiger partial charge in [-0.15, -0.1) is 12.4 Å².